The Hall–Kier alpha value is -0.540. The van der Waals surface area contributed by atoms with Crippen LogP contribution < -0.4 is 10.5 Å². The zero-order valence-corrected chi connectivity index (χ0v) is 11.6. The average molecular weight is 284 g/mol. The van der Waals surface area contributed by atoms with Gasteiger partial charge in [-0.1, -0.05) is 6.07 Å². The fraction of sp³-hybridized carbons (Fsp3) is 0.538. The quantitative estimate of drug-likeness (QED) is 0.925. The summed E-state index contributed by atoms with van der Waals surface area (Å²) in [4.78, 5) is 0. The normalized spacial score (nSPS) is 18.3. The SMILES string of the molecule is COc1ccc(C2(C(C)(C)N)CC2)cc1Br. The largest absolute Gasteiger partial charge is 0.496 e. The van der Waals surface area contributed by atoms with Gasteiger partial charge in [0.1, 0.15) is 5.75 Å². The highest BCUT2D eigenvalue weighted by molar-refractivity contribution is 9.10. The summed E-state index contributed by atoms with van der Waals surface area (Å²) < 4.78 is 6.24. The first-order chi connectivity index (χ1) is 7.40. The molecule has 0 aromatic heterocycles. The number of halogens is 1. The van der Waals surface area contributed by atoms with Crippen molar-refractivity contribution in [3.8, 4) is 5.75 Å². The van der Waals surface area contributed by atoms with E-state index >= 15 is 0 Å². The van der Waals surface area contributed by atoms with E-state index in [2.05, 4.69) is 41.9 Å². The molecule has 0 aliphatic heterocycles. The van der Waals surface area contributed by atoms with E-state index in [-0.39, 0.29) is 11.0 Å². The van der Waals surface area contributed by atoms with Crippen molar-refractivity contribution < 1.29 is 4.74 Å². The van der Waals surface area contributed by atoms with Gasteiger partial charge >= 0.3 is 0 Å². The Morgan fingerprint density at radius 3 is 2.38 bits per heavy atom. The molecular formula is C13H18BrNO. The van der Waals surface area contributed by atoms with Crippen LogP contribution in [0.2, 0.25) is 0 Å². The number of ether oxygens (including phenoxy) is 1. The van der Waals surface area contributed by atoms with Crippen molar-refractivity contribution >= 4 is 15.9 Å². The molecule has 0 atom stereocenters. The maximum atomic E-state index is 6.28. The lowest BCUT2D eigenvalue weighted by molar-refractivity contribution is 0.388. The highest BCUT2D eigenvalue weighted by atomic mass is 79.9. The molecule has 0 amide bonds. The molecule has 1 aliphatic rings. The van der Waals surface area contributed by atoms with E-state index < -0.39 is 0 Å². The van der Waals surface area contributed by atoms with Crippen LogP contribution in [0.3, 0.4) is 0 Å². The minimum atomic E-state index is -0.166. The van der Waals surface area contributed by atoms with Crippen LogP contribution in [-0.4, -0.2) is 12.6 Å². The van der Waals surface area contributed by atoms with Gasteiger partial charge in [-0.3, -0.25) is 0 Å². The molecule has 0 heterocycles. The molecule has 88 valence electrons. The molecule has 1 fully saturated rings. The van der Waals surface area contributed by atoms with Crippen LogP contribution in [0.5, 0.6) is 5.75 Å². The lowest BCUT2D eigenvalue weighted by atomic mass is 9.79. The zero-order chi connectivity index (χ0) is 12.0. The molecule has 0 radical (unpaired) electrons. The van der Waals surface area contributed by atoms with Gasteiger partial charge in [-0.25, -0.2) is 0 Å². The summed E-state index contributed by atoms with van der Waals surface area (Å²) in [5.41, 5.74) is 7.58. The van der Waals surface area contributed by atoms with Crippen LogP contribution in [0.4, 0.5) is 0 Å². The Morgan fingerprint density at radius 1 is 1.38 bits per heavy atom. The Kier molecular flexibility index (Phi) is 2.79. The Balaban J connectivity index is 2.39. The molecule has 2 N–H and O–H groups in total. The molecule has 16 heavy (non-hydrogen) atoms. The minimum Gasteiger partial charge on any atom is -0.496 e. The van der Waals surface area contributed by atoms with Gasteiger partial charge in [0.2, 0.25) is 0 Å². The van der Waals surface area contributed by atoms with Gasteiger partial charge in [0.15, 0.2) is 0 Å². The molecule has 0 bridgehead atoms. The fourth-order valence-electron chi connectivity index (χ4n) is 2.39. The molecule has 3 heteroatoms. The van der Waals surface area contributed by atoms with Crippen molar-refractivity contribution in [2.75, 3.05) is 7.11 Å². The molecule has 1 aromatic rings. The van der Waals surface area contributed by atoms with E-state index in [1.807, 2.05) is 6.07 Å². The maximum Gasteiger partial charge on any atom is 0.133 e. The average Bonchev–Trinajstić information content (AvgIpc) is 2.97. The van der Waals surface area contributed by atoms with Crippen molar-refractivity contribution in [2.45, 2.75) is 37.6 Å². The summed E-state index contributed by atoms with van der Waals surface area (Å²) >= 11 is 3.53. The van der Waals surface area contributed by atoms with E-state index in [0.717, 1.165) is 10.2 Å². The number of benzene rings is 1. The van der Waals surface area contributed by atoms with E-state index in [0.29, 0.717) is 0 Å². The third kappa shape index (κ3) is 1.76. The molecule has 2 nitrogen and oxygen atoms in total. The van der Waals surface area contributed by atoms with E-state index in [9.17, 15) is 0 Å². The molecule has 0 saturated heterocycles. The van der Waals surface area contributed by atoms with Crippen LogP contribution in [-0.2, 0) is 5.41 Å². The maximum absolute atomic E-state index is 6.28. The van der Waals surface area contributed by atoms with E-state index in [1.54, 1.807) is 7.11 Å². The standard InChI is InChI=1S/C13H18BrNO/c1-12(2,15)13(6-7-13)9-4-5-11(16-3)10(14)8-9/h4-5,8H,6-7,15H2,1-3H3. The molecular weight excluding hydrogens is 266 g/mol. The summed E-state index contributed by atoms with van der Waals surface area (Å²) in [6.45, 7) is 4.22. The number of rotatable bonds is 3. The van der Waals surface area contributed by atoms with E-state index in [1.165, 1.54) is 18.4 Å². The van der Waals surface area contributed by atoms with Gasteiger partial charge in [-0.05, 0) is 60.3 Å². The van der Waals surface area contributed by atoms with Crippen molar-refractivity contribution in [3.63, 3.8) is 0 Å². The number of methoxy groups -OCH3 is 1. The molecule has 1 aliphatic carbocycles. The number of nitrogens with two attached hydrogens (primary N) is 1. The Morgan fingerprint density at radius 2 is 2.00 bits per heavy atom. The second kappa shape index (κ2) is 3.74. The number of hydrogen-bond donors (Lipinski definition) is 1. The molecule has 1 saturated carbocycles. The summed E-state index contributed by atoms with van der Waals surface area (Å²) in [7, 11) is 1.68. The third-order valence-corrected chi connectivity index (χ3v) is 4.31. The van der Waals surface area contributed by atoms with Gasteiger partial charge in [0.25, 0.3) is 0 Å². The predicted octanol–water partition coefficient (Wildman–Crippen LogP) is 3.23. The second-order valence-electron chi connectivity index (χ2n) is 5.15. The Labute approximate surface area is 105 Å². The molecule has 0 unspecified atom stereocenters. The molecule has 2 rings (SSSR count). The van der Waals surface area contributed by atoms with E-state index in [4.69, 9.17) is 10.5 Å². The van der Waals surface area contributed by atoms with Crippen molar-refractivity contribution in [1.29, 1.82) is 0 Å². The zero-order valence-electron chi connectivity index (χ0n) is 10.0. The van der Waals surface area contributed by atoms with Crippen LogP contribution in [0.1, 0.15) is 32.3 Å². The topological polar surface area (TPSA) is 35.2 Å². The third-order valence-electron chi connectivity index (χ3n) is 3.69. The highest BCUT2D eigenvalue weighted by Gasteiger charge is 2.53. The lowest BCUT2D eigenvalue weighted by Gasteiger charge is -2.31. The second-order valence-corrected chi connectivity index (χ2v) is 6.01. The molecule has 1 aromatic carbocycles. The summed E-state index contributed by atoms with van der Waals surface area (Å²) in [6, 6.07) is 6.27. The smallest absolute Gasteiger partial charge is 0.133 e. The van der Waals surface area contributed by atoms with Crippen LogP contribution >= 0.6 is 15.9 Å². The van der Waals surface area contributed by atoms with Crippen LogP contribution in [0.25, 0.3) is 0 Å². The van der Waals surface area contributed by atoms with Gasteiger partial charge in [0.05, 0.1) is 11.6 Å². The fourth-order valence-corrected chi connectivity index (χ4v) is 2.93. The number of hydrogen-bond acceptors (Lipinski definition) is 2. The Bertz CT molecular complexity index is 405. The predicted molar refractivity (Wildman–Crippen MR) is 69.9 cm³/mol. The van der Waals surface area contributed by atoms with Gasteiger partial charge < -0.3 is 10.5 Å². The van der Waals surface area contributed by atoms with Gasteiger partial charge in [0, 0.05) is 11.0 Å². The first-order valence-corrected chi connectivity index (χ1v) is 6.33. The van der Waals surface area contributed by atoms with Crippen molar-refractivity contribution in [3.05, 3.63) is 28.2 Å². The van der Waals surface area contributed by atoms with Crippen molar-refractivity contribution in [1.82, 2.24) is 0 Å². The first kappa shape index (κ1) is 11.9. The monoisotopic (exact) mass is 283 g/mol. The highest BCUT2D eigenvalue weighted by Crippen LogP contribution is 2.55. The van der Waals surface area contributed by atoms with Gasteiger partial charge in [-0.2, -0.15) is 0 Å². The minimum absolute atomic E-state index is 0.155. The van der Waals surface area contributed by atoms with Crippen LogP contribution in [0.15, 0.2) is 22.7 Å². The summed E-state index contributed by atoms with van der Waals surface area (Å²) in [6.07, 6.45) is 2.35. The summed E-state index contributed by atoms with van der Waals surface area (Å²) in [5, 5.41) is 0. The summed E-state index contributed by atoms with van der Waals surface area (Å²) in [5.74, 6) is 0.870. The first-order valence-electron chi connectivity index (χ1n) is 5.54. The van der Waals surface area contributed by atoms with Gasteiger partial charge in [-0.15, -0.1) is 0 Å². The lowest BCUT2D eigenvalue weighted by Crippen LogP contribution is -2.45. The molecule has 0 spiro atoms. The van der Waals surface area contributed by atoms with Crippen LogP contribution in [0, 0.1) is 0 Å². The van der Waals surface area contributed by atoms with Crippen molar-refractivity contribution in [2.24, 2.45) is 5.73 Å².